The molecule has 1 aromatic heterocycles. The van der Waals surface area contributed by atoms with Gasteiger partial charge < -0.3 is 14.2 Å². The van der Waals surface area contributed by atoms with Gasteiger partial charge in [-0.25, -0.2) is 9.79 Å². The van der Waals surface area contributed by atoms with Crippen LogP contribution in [0.15, 0.2) is 68.0 Å². The second-order valence-corrected chi connectivity index (χ2v) is 10.8. The van der Waals surface area contributed by atoms with Gasteiger partial charge in [0.15, 0.2) is 4.80 Å². The van der Waals surface area contributed by atoms with Crippen LogP contribution in [0.4, 0.5) is 0 Å². The van der Waals surface area contributed by atoms with E-state index in [2.05, 4.69) is 27.8 Å². The minimum absolute atomic E-state index is 0.246. The minimum atomic E-state index is -0.762. The molecule has 2 heterocycles. The third kappa shape index (κ3) is 5.72. The van der Waals surface area contributed by atoms with E-state index in [0.717, 1.165) is 22.2 Å². The Morgan fingerprint density at radius 1 is 1.22 bits per heavy atom. The zero-order chi connectivity index (χ0) is 26.7. The molecule has 0 amide bonds. The molecule has 0 spiro atoms. The average Bonchev–Trinajstić information content (AvgIpc) is 3.16. The predicted molar refractivity (Wildman–Crippen MR) is 148 cm³/mol. The van der Waals surface area contributed by atoms with Crippen molar-refractivity contribution in [1.82, 2.24) is 4.57 Å². The predicted octanol–water partition coefficient (Wildman–Crippen LogP) is 4.75. The molecule has 194 valence electrons. The fourth-order valence-corrected chi connectivity index (χ4v) is 5.53. The van der Waals surface area contributed by atoms with Gasteiger partial charge in [-0.2, -0.15) is 0 Å². The van der Waals surface area contributed by atoms with Crippen molar-refractivity contribution in [2.75, 3.05) is 13.7 Å². The van der Waals surface area contributed by atoms with E-state index in [9.17, 15) is 9.59 Å². The lowest BCUT2D eigenvalue weighted by Gasteiger charge is -2.26. The number of carbonyl (C=O) groups is 1. The van der Waals surface area contributed by atoms with Crippen molar-refractivity contribution in [2.24, 2.45) is 4.99 Å². The number of allylic oxidation sites excluding steroid dienone is 1. The largest absolute Gasteiger partial charge is 0.496 e. The topological polar surface area (TPSA) is 79.1 Å². The SMILES string of the molecule is CCCOc1ccc(/C=c2/sc3n(c2=O)[C@@H](c2cc(Br)ccc2OC)C(C(=O)OC(C)C)=C(C)N=3)cc1. The number of ether oxygens (including phenoxy) is 3. The van der Waals surface area contributed by atoms with E-state index in [4.69, 9.17) is 14.2 Å². The van der Waals surface area contributed by atoms with Gasteiger partial charge in [-0.3, -0.25) is 9.36 Å². The minimum Gasteiger partial charge on any atom is -0.496 e. The first-order chi connectivity index (χ1) is 17.7. The maximum Gasteiger partial charge on any atom is 0.338 e. The molecule has 2 aromatic carbocycles. The summed E-state index contributed by atoms with van der Waals surface area (Å²) in [4.78, 5) is 32.3. The number of esters is 1. The highest BCUT2D eigenvalue weighted by Gasteiger charge is 2.35. The summed E-state index contributed by atoms with van der Waals surface area (Å²) < 4.78 is 19.7. The summed E-state index contributed by atoms with van der Waals surface area (Å²) in [5, 5.41) is 0. The van der Waals surface area contributed by atoms with Gasteiger partial charge in [-0.05, 0) is 69.2 Å². The van der Waals surface area contributed by atoms with E-state index < -0.39 is 12.0 Å². The Morgan fingerprint density at radius 2 is 1.95 bits per heavy atom. The Morgan fingerprint density at radius 3 is 2.59 bits per heavy atom. The van der Waals surface area contributed by atoms with Gasteiger partial charge in [-0.1, -0.05) is 46.3 Å². The molecular formula is C28H29BrN2O5S. The average molecular weight is 586 g/mol. The van der Waals surface area contributed by atoms with Crippen LogP contribution < -0.4 is 24.4 Å². The second-order valence-electron chi connectivity index (χ2n) is 8.84. The molecule has 0 saturated heterocycles. The van der Waals surface area contributed by atoms with E-state index in [-0.39, 0.29) is 11.7 Å². The number of benzene rings is 2. The first kappa shape index (κ1) is 26.9. The van der Waals surface area contributed by atoms with Crippen molar-refractivity contribution in [1.29, 1.82) is 0 Å². The standard InChI is InChI=1S/C28H29BrN2O5S/c1-6-13-35-20-10-7-18(8-11-20)14-23-26(32)31-25(21-15-19(29)9-12-22(21)34-5)24(27(33)36-16(2)3)17(4)30-28(31)37-23/h7-12,14-16,25H,6,13H2,1-5H3/b23-14+/t25-/m0/s1. The quantitative estimate of drug-likeness (QED) is 0.357. The zero-order valence-electron chi connectivity index (χ0n) is 21.4. The summed E-state index contributed by atoms with van der Waals surface area (Å²) in [7, 11) is 1.56. The third-order valence-corrected chi connectivity index (χ3v) is 7.20. The molecule has 7 nitrogen and oxygen atoms in total. The van der Waals surface area contributed by atoms with Crippen LogP contribution >= 0.6 is 27.3 Å². The van der Waals surface area contributed by atoms with Crippen LogP contribution in [-0.2, 0) is 9.53 Å². The number of thiazole rings is 1. The normalized spacial score (nSPS) is 15.4. The number of hydrogen-bond acceptors (Lipinski definition) is 7. The lowest BCUT2D eigenvalue weighted by Crippen LogP contribution is -2.40. The Hall–Kier alpha value is -3.17. The Labute approximate surface area is 227 Å². The number of hydrogen-bond donors (Lipinski definition) is 0. The van der Waals surface area contributed by atoms with Crippen LogP contribution in [-0.4, -0.2) is 30.4 Å². The first-order valence-corrected chi connectivity index (χ1v) is 13.6. The van der Waals surface area contributed by atoms with Crippen molar-refractivity contribution < 1.29 is 19.0 Å². The van der Waals surface area contributed by atoms with Crippen LogP contribution in [0.25, 0.3) is 6.08 Å². The van der Waals surface area contributed by atoms with Gasteiger partial charge in [0.2, 0.25) is 0 Å². The molecular weight excluding hydrogens is 556 g/mol. The van der Waals surface area contributed by atoms with Crippen LogP contribution in [0.1, 0.15) is 51.3 Å². The molecule has 0 N–H and O–H groups in total. The summed E-state index contributed by atoms with van der Waals surface area (Å²) in [5.74, 6) is 0.821. The highest BCUT2D eigenvalue weighted by atomic mass is 79.9. The number of nitrogens with zero attached hydrogens (tertiary/aromatic N) is 2. The lowest BCUT2D eigenvalue weighted by atomic mass is 9.95. The molecule has 9 heteroatoms. The highest BCUT2D eigenvalue weighted by Crippen LogP contribution is 2.37. The van der Waals surface area contributed by atoms with Crippen LogP contribution in [0.3, 0.4) is 0 Å². The number of methoxy groups -OCH3 is 1. The summed E-state index contributed by atoms with van der Waals surface area (Å²) in [6, 6.07) is 12.3. The maximum atomic E-state index is 13.8. The molecule has 0 saturated carbocycles. The number of halogens is 1. The van der Waals surface area contributed by atoms with Gasteiger partial charge in [0.1, 0.15) is 17.5 Å². The van der Waals surface area contributed by atoms with E-state index in [1.54, 1.807) is 38.5 Å². The summed E-state index contributed by atoms with van der Waals surface area (Å²) in [6.07, 6.45) is 2.43. The van der Waals surface area contributed by atoms with Crippen molar-refractivity contribution in [3.63, 3.8) is 0 Å². The maximum absolute atomic E-state index is 13.8. The van der Waals surface area contributed by atoms with Crippen molar-refractivity contribution in [3.8, 4) is 11.5 Å². The van der Waals surface area contributed by atoms with Crippen molar-refractivity contribution >= 4 is 39.3 Å². The fourth-order valence-electron chi connectivity index (χ4n) is 4.10. The molecule has 3 aromatic rings. The van der Waals surface area contributed by atoms with Gasteiger partial charge in [-0.15, -0.1) is 0 Å². The van der Waals surface area contributed by atoms with Gasteiger partial charge in [0.25, 0.3) is 5.56 Å². The molecule has 1 atom stereocenters. The van der Waals surface area contributed by atoms with Crippen LogP contribution in [0.5, 0.6) is 11.5 Å². The molecule has 0 fully saturated rings. The van der Waals surface area contributed by atoms with Crippen molar-refractivity contribution in [2.45, 2.75) is 46.3 Å². The van der Waals surface area contributed by atoms with E-state index in [1.165, 1.54) is 11.3 Å². The summed E-state index contributed by atoms with van der Waals surface area (Å²) in [6.45, 7) is 8.05. The van der Waals surface area contributed by atoms with Crippen molar-refractivity contribution in [3.05, 3.63) is 89.0 Å². The smallest absolute Gasteiger partial charge is 0.338 e. The molecule has 0 bridgehead atoms. The molecule has 37 heavy (non-hydrogen) atoms. The molecule has 0 radical (unpaired) electrons. The Kier molecular flexibility index (Phi) is 8.34. The van der Waals surface area contributed by atoms with Gasteiger partial charge in [0.05, 0.1) is 35.6 Å². The van der Waals surface area contributed by atoms with E-state index >= 15 is 0 Å². The van der Waals surface area contributed by atoms with Crippen LogP contribution in [0, 0.1) is 0 Å². The van der Waals surface area contributed by atoms with Gasteiger partial charge >= 0.3 is 5.97 Å². The summed E-state index contributed by atoms with van der Waals surface area (Å²) >= 11 is 4.80. The van der Waals surface area contributed by atoms with Crippen LogP contribution in [0.2, 0.25) is 0 Å². The highest BCUT2D eigenvalue weighted by molar-refractivity contribution is 9.10. The molecule has 0 unspecified atom stereocenters. The molecule has 1 aliphatic heterocycles. The second kappa shape index (κ2) is 11.5. The monoisotopic (exact) mass is 584 g/mol. The number of fused-ring (bicyclic) bond motifs is 1. The number of rotatable bonds is 8. The first-order valence-electron chi connectivity index (χ1n) is 12.0. The number of carbonyl (C=O) groups excluding carboxylic acids is 1. The molecule has 4 rings (SSSR count). The molecule has 0 aliphatic carbocycles. The molecule has 1 aliphatic rings. The lowest BCUT2D eigenvalue weighted by molar-refractivity contribution is -0.143. The van der Waals surface area contributed by atoms with E-state index in [1.807, 2.05) is 42.5 Å². The number of aromatic nitrogens is 1. The van der Waals surface area contributed by atoms with E-state index in [0.29, 0.717) is 38.5 Å². The summed E-state index contributed by atoms with van der Waals surface area (Å²) in [5.41, 5.74) is 2.08. The van der Waals surface area contributed by atoms with Gasteiger partial charge in [0, 0.05) is 10.0 Å². The third-order valence-electron chi connectivity index (χ3n) is 5.72. The Balaban J connectivity index is 1.90. The fraction of sp³-hybridized carbons (Fsp3) is 0.321. The zero-order valence-corrected chi connectivity index (χ0v) is 23.8. The Bertz CT molecular complexity index is 1520.